The number of anilines is 1. The Bertz CT molecular complexity index is 462. The summed E-state index contributed by atoms with van der Waals surface area (Å²) in [6.07, 6.45) is 2.14. The zero-order valence-corrected chi connectivity index (χ0v) is 12.0. The molecule has 0 radical (unpaired) electrons. The van der Waals surface area contributed by atoms with E-state index in [1.54, 1.807) is 7.11 Å². The molecule has 0 saturated heterocycles. The molecule has 0 unspecified atom stereocenters. The monoisotopic (exact) mass is 277 g/mol. The van der Waals surface area contributed by atoms with Crippen LogP contribution in [0.3, 0.4) is 0 Å². The van der Waals surface area contributed by atoms with Crippen molar-refractivity contribution in [2.75, 3.05) is 38.3 Å². The first-order chi connectivity index (χ1) is 9.74. The van der Waals surface area contributed by atoms with E-state index in [4.69, 9.17) is 10.5 Å². The largest absolute Gasteiger partial charge is 0.383 e. The van der Waals surface area contributed by atoms with E-state index in [9.17, 15) is 4.79 Å². The molecule has 1 aromatic rings. The van der Waals surface area contributed by atoms with Crippen molar-refractivity contribution in [2.45, 2.75) is 19.4 Å². The van der Waals surface area contributed by atoms with E-state index in [0.717, 1.165) is 30.6 Å². The summed E-state index contributed by atoms with van der Waals surface area (Å²) in [6.45, 7) is 2.99. The maximum Gasteiger partial charge on any atom is 0.239 e. The highest BCUT2D eigenvalue weighted by Crippen LogP contribution is 2.27. The second-order valence-electron chi connectivity index (χ2n) is 5.04. The third-order valence-electron chi connectivity index (χ3n) is 3.56. The van der Waals surface area contributed by atoms with Crippen molar-refractivity contribution in [1.29, 1.82) is 0 Å². The van der Waals surface area contributed by atoms with E-state index >= 15 is 0 Å². The first kappa shape index (κ1) is 14.8. The molecule has 5 heteroatoms. The fourth-order valence-corrected chi connectivity index (χ4v) is 2.54. The molecule has 0 atom stereocenters. The van der Waals surface area contributed by atoms with Crippen molar-refractivity contribution in [3.05, 3.63) is 29.3 Å². The normalized spacial score (nSPS) is 14.0. The van der Waals surface area contributed by atoms with Gasteiger partial charge in [0.05, 0.1) is 13.2 Å². The van der Waals surface area contributed by atoms with Gasteiger partial charge in [-0.3, -0.25) is 4.79 Å². The minimum Gasteiger partial charge on any atom is -0.383 e. The predicted octanol–water partition coefficient (Wildman–Crippen LogP) is 0.661. The number of fused-ring (bicyclic) bond motifs is 1. The Labute approximate surface area is 120 Å². The van der Waals surface area contributed by atoms with Crippen molar-refractivity contribution >= 4 is 11.6 Å². The molecule has 0 fully saturated rings. The van der Waals surface area contributed by atoms with Gasteiger partial charge in [-0.1, -0.05) is 12.1 Å². The zero-order chi connectivity index (χ0) is 14.4. The number of rotatable bonds is 6. The van der Waals surface area contributed by atoms with Gasteiger partial charge in [0.1, 0.15) is 0 Å². The number of nitrogens with zero attached hydrogens (tertiary/aromatic N) is 1. The van der Waals surface area contributed by atoms with E-state index in [0.29, 0.717) is 26.2 Å². The first-order valence-electron chi connectivity index (χ1n) is 7.07. The standard InChI is InChI=1S/C15H23N3O2/c1-20-8-6-17-15(19)11-18-7-2-3-13-9-12(10-16)4-5-14(13)18/h4-5,9H,2-3,6-8,10-11,16H2,1H3,(H,17,19). The van der Waals surface area contributed by atoms with Gasteiger partial charge in [-0.05, 0) is 30.0 Å². The molecule has 1 heterocycles. The predicted molar refractivity (Wildman–Crippen MR) is 79.8 cm³/mol. The van der Waals surface area contributed by atoms with Gasteiger partial charge in [0.2, 0.25) is 5.91 Å². The Morgan fingerprint density at radius 1 is 1.50 bits per heavy atom. The molecule has 0 bridgehead atoms. The van der Waals surface area contributed by atoms with Crippen LogP contribution in [0.2, 0.25) is 0 Å². The van der Waals surface area contributed by atoms with Gasteiger partial charge in [0.25, 0.3) is 0 Å². The Morgan fingerprint density at radius 2 is 2.35 bits per heavy atom. The van der Waals surface area contributed by atoms with Crippen LogP contribution >= 0.6 is 0 Å². The third kappa shape index (κ3) is 3.71. The number of amides is 1. The van der Waals surface area contributed by atoms with Gasteiger partial charge in [-0.2, -0.15) is 0 Å². The van der Waals surface area contributed by atoms with Crippen LogP contribution in [-0.4, -0.2) is 39.3 Å². The van der Waals surface area contributed by atoms with Crippen molar-refractivity contribution < 1.29 is 9.53 Å². The Hall–Kier alpha value is -1.59. The minimum atomic E-state index is 0.0396. The van der Waals surface area contributed by atoms with Gasteiger partial charge >= 0.3 is 0 Å². The molecule has 20 heavy (non-hydrogen) atoms. The van der Waals surface area contributed by atoms with Gasteiger partial charge in [0, 0.05) is 32.4 Å². The van der Waals surface area contributed by atoms with Gasteiger partial charge in [0.15, 0.2) is 0 Å². The lowest BCUT2D eigenvalue weighted by molar-refractivity contribution is -0.120. The molecule has 1 aliphatic rings. The summed E-state index contributed by atoms with van der Waals surface area (Å²) in [5.74, 6) is 0.0396. The molecule has 1 aromatic carbocycles. The molecule has 2 rings (SSSR count). The first-order valence-corrected chi connectivity index (χ1v) is 7.07. The Balaban J connectivity index is 1.99. The minimum absolute atomic E-state index is 0.0396. The molecular weight excluding hydrogens is 254 g/mol. The molecule has 1 aliphatic heterocycles. The Morgan fingerprint density at radius 3 is 3.10 bits per heavy atom. The molecule has 0 saturated carbocycles. The van der Waals surface area contributed by atoms with Crippen LogP contribution in [0.15, 0.2) is 18.2 Å². The number of methoxy groups -OCH3 is 1. The van der Waals surface area contributed by atoms with Crippen LogP contribution in [0.1, 0.15) is 17.5 Å². The number of carbonyl (C=O) groups is 1. The molecule has 5 nitrogen and oxygen atoms in total. The molecular formula is C15H23N3O2. The molecule has 3 N–H and O–H groups in total. The van der Waals surface area contributed by atoms with Crippen molar-refractivity contribution in [1.82, 2.24) is 5.32 Å². The Kier molecular flexibility index (Phi) is 5.38. The van der Waals surface area contributed by atoms with Crippen LogP contribution in [0.5, 0.6) is 0 Å². The quantitative estimate of drug-likeness (QED) is 0.750. The van der Waals surface area contributed by atoms with Crippen molar-refractivity contribution in [3.8, 4) is 0 Å². The van der Waals surface area contributed by atoms with Crippen molar-refractivity contribution in [3.63, 3.8) is 0 Å². The number of hydrogen-bond acceptors (Lipinski definition) is 4. The van der Waals surface area contributed by atoms with Crippen molar-refractivity contribution in [2.24, 2.45) is 5.73 Å². The maximum absolute atomic E-state index is 11.9. The lowest BCUT2D eigenvalue weighted by atomic mass is 9.99. The summed E-state index contributed by atoms with van der Waals surface area (Å²) in [5, 5.41) is 2.86. The van der Waals surface area contributed by atoms with Gasteiger partial charge < -0.3 is 20.7 Å². The number of ether oxygens (including phenoxy) is 1. The summed E-state index contributed by atoms with van der Waals surface area (Å²) >= 11 is 0. The topological polar surface area (TPSA) is 67.6 Å². The number of nitrogens with one attached hydrogen (secondary N) is 1. The SMILES string of the molecule is COCCNC(=O)CN1CCCc2cc(CN)ccc21. The number of hydrogen-bond donors (Lipinski definition) is 2. The van der Waals surface area contributed by atoms with Crippen LogP contribution in [0.4, 0.5) is 5.69 Å². The number of carbonyl (C=O) groups excluding carboxylic acids is 1. The maximum atomic E-state index is 11.9. The van der Waals surface area contributed by atoms with Crippen LogP contribution in [-0.2, 0) is 22.5 Å². The molecule has 0 aromatic heterocycles. The highest BCUT2D eigenvalue weighted by molar-refractivity contribution is 5.81. The molecule has 0 aliphatic carbocycles. The summed E-state index contributed by atoms with van der Waals surface area (Å²) < 4.78 is 4.92. The van der Waals surface area contributed by atoms with E-state index in [2.05, 4.69) is 22.3 Å². The average molecular weight is 277 g/mol. The van der Waals surface area contributed by atoms with Crippen LogP contribution < -0.4 is 16.0 Å². The summed E-state index contributed by atoms with van der Waals surface area (Å²) in [5.41, 5.74) is 9.28. The molecule has 110 valence electrons. The lowest BCUT2D eigenvalue weighted by Crippen LogP contribution is -2.40. The number of aryl methyl sites for hydroxylation is 1. The highest BCUT2D eigenvalue weighted by Gasteiger charge is 2.19. The smallest absolute Gasteiger partial charge is 0.239 e. The number of nitrogens with two attached hydrogens (primary N) is 1. The summed E-state index contributed by atoms with van der Waals surface area (Å²) in [4.78, 5) is 14.0. The lowest BCUT2D eigenvalue weighted by Gasteiger charge is -2.31. The highest BCUT2D eigenvalue weighted by atomic mass is 16.5. The van der Waals surface area contributed by atoms with Crippen LogP contribution in [0.25, 0.3) is 0 Å². The number of benzene rings is 1. The fraction of sp³-hybridized carbons (Fsp3) is 0.533. The van der Waals surface area contributed by atoms with Crippen LogP contribution in [0, 0.1) is 0 Å². The third-order valence-corrected chi connectivity index (χ3v) is 3.56. The van der Waals surface area contributed by atoms with E-state index in [1.807, 2.05) is 6.07 Å². The molecule has 0 spiro atoms. The second kappa shape index (κ2) is 7.26. The van der Waals surface area contributed by atoms with E-state index in [-0.39, 0.29) is 5.91 Å². The van der Waals surface area contributed by atoms with Gasteiger partial charge in [-0.15, -0.1) is 0 Å². The average Bonchev–Trinajstić information content (AvgIpc) is 2.47. The zero-order valence-electron chi connectivity index (χ0n) is 12.0. The second-order valence-corrected chi connectivity index (χ2v) is 5.04. The summed E-state index contributed by atoms with van der Waals surface area (Å²) in [7, 11) is 1.63. The van der Waals surface area contributed by atoms with Gasteiger partial charge in [-0.25, -0.2) is 0 Å². The van der Waals surface area contributed by atoms with E-state index < -0.39 is 0 Å². The fourth-order valence-electron chi connectivity index (χ4n) is 2.54. The summed E-state index contributed by atoms with van der Waals surface area (Å²) in [6, 6.07) is 6.28. The molecule has 1 amide bonds. The van der Waals surface area contributed by atoms with E-state index in [1.165, 1.54) is 5.56 Å².